The van der Waals surface area contributed by atoms with Crippen LogP contribution in [0.5, 0.6) is 5.75 Å². The number of anilines is 1. The van der Waals surface area contributed by atoms with E-state index < -0.39 is 28.0 Å². The molecule has 2 aromatic rings. The van der Waals surface area contributed by atoms with Crippen LogP contribution in [-0.4, -0.2) is 26.7 Å². The van der Waals surface area contributed by atoms with Crippen molar-refractivity contribution in [2.75, 3.05) is 5.32 Å². The molecule has 27 heavy (non-hydrogen) atoms. The van der Waals surface area contributed by atoms with Gasteiger partial charge in [-0.2, -0.15) is 0 Å². The number of hydrogen-bond donors (Lipinski definition) is 2. The molecule has 0 atom stereocenters. The van der Waals surface area contributed by atoms with Gasteiger partial charge in [-0.3, -0.25) is 4.79 Å². The minimum atomic E-state index is -4.80. The lowest BCUT2D eigenvalue weighted by Crippen LogP contribution is -2.26. The summed E-state index contributed by atoms with van der Waals surface area (Å²) in [6.07, 6.45) is -3.23. The van der Waals surface area contributed by atoms with Crippen molar-refractivity contribution < 1.29 is 31.1 Å². The number of carbonyl (C=O) groups is 1. The Kier molecular flexibility index (Phi) is 5.11. The number of hydrogen-bond acceptors (Lipinski definition) is 4. The molecule has 3 rings (SSSR count). The van der Waals surface area contributed by atoms with Gasteiger partial charge in [-0.25, -0.2) is 13.1 Å². The maximum absolute atomic E-state index is 12.3. The third-order valence-electron chi connectivity index (χ3n) is 3.65. The van der Waals surface area contributed by atoms with E-state index in [9.17, 15) is 26.4 Å². The Hall–Kier alpha value is -2.59. The molecule has 6 nitrogen and oxygen atoms in total. The van der Waals surface area contributed by atoms with Crippen molar-refractivity contribution in [3.05, 3.63) is 54.1 Å². The Balaban J connectivity index is 1.70. The average Bonchev–Trinajstić information content (AvgIpc) is 3.39. The van der Waals surface area contributed by atoms with Gasteiger partial charge < -0.3 is 10.1 Å². The van der Waals surface area contributed by atoms with Crippen LogP contribution in [0.2, 0.25) is 0 Å². The van der Waals surface area contributed by atoms with Crippen LogP contribution >= 0.6 is 0 Å². The molecule has 1 saturated carbocycles. The first-order valence-corrected chi connectivity index (χ1v) is 9.40. The summed E-state index contributed by atoms with van der Waals surface area (Å²) in [4.78, 5) is 12.3. The fourth-order valence-electron chi connectivity index (χ4n) is 2.24. The number of alkyl halides is 3. The minimum Gasteiger partial charge on any atom is -0.406 e. The normalized spacial score (nSPS) is 14.6. The fraction of sp³-hybridized carbons (Fsp3) is 0.235. The second kappa shape index (κ2) is 7.20. The monoisotopic (exact) mass is 400 g/mol. The lowest BCUT2D eigenvalue weighted by atomic mass is 10.2. The Morgan fingerprint density at radius 1 is 1.07 bits per heavy atom. The predicted molar refractivity (Wildman–Crippen MR) is 90.9 cm³/mol. The van der Waals surface area contributed by atoms with Crippen LogP contribution < -0.4 is 14.8 Å². The van der Waals surface area contributed by atoms with E-state index >= 15 is 0 Å². The summed E-state index contributed by atoms with van der Waals surface area (Å²) in [5.74, 6) is -1.01. The summed E-state index contributed by atoms with van der Waals surface area (Å²) in [7, 11) is -3.70. The number of ether oxygens (including phenoxy) is 1. The van der Waals surface area contributed by atoms with Gasteiger partial charge in [0, 0.05) is 17.3 Å². The Bertz CT molecular complexity index is 939. The van der Waals surface area contributed by atoms with E-state index in [1.165, 1.54) is 36.4 Å². The second-order valence-corrected chi connectivity index (χ2v) is 7.66. The Morgan fingerprint density at radius 3 is 2.33 bits per heavy atom. The van der Waals surface area contributed by atoms with E-state index in [0.717, 1.165) is 25.0 Å². The van der Waals surface area contributed by atoms with E-state index in [4.69, 9.17) is 0 Å². The van der Waals surface area contributed by atoms with Gasteiger partial charge in [0.1, 0.15) is 5.75 Å². The molecule has 10 heteroatoms. The molecule has 1 aliphatic rings. The number of rotatable bonds is 6. The summed E-state index contributed by atoms with van der Waals surface area (Å²) in [5, 5.41) is 2.49. The van der Waals surface area contributed by atoms with Crippen molar-refractivity contribution in [1.29, 1.82) is 0 Å². The smallest absolute Gasteiger partial charge is 0.406 e. The van der Waals surface area contributed by atoms with Crippen molar-refractivity contribution in [3.63, 3.8) is 0 Å². The zero-order chi connectivity index (χ0) is 19.7. The molecule has 0 unspecified atom stereocenters. The zero-order valence-electron chi connectivity index (χ0n) is 13.8. The van der Waals surface area contributed by atoms with Gasteiger partial charge in [-0.05, 0) is 55.3 Å². The lowest BCUT2D eigenvalue weighted by Gasteiger charge is -2.10. The van der Waals surface area contributed by atoms with Crippen molar-refractivity contribution in [3.8, 4) is 5.75 Å². The number of nitrogens with one attached hydrogen (secondary N) is 2. The van der Waals surface area contributed by atoms with Gasteiger partial charge >= 0.3 is 6.36 Å². The van der Waals surface area contributed by atoms with E-state index in [0.29, 0.717) is 0 Å². The SMILES string of the molecule is O=C(Nc1ccc(OC(F)(F)F)cc1)c1cccc(S(=O)(=O)NC2CC2)c1. The summed E-state index contributed by atoms with van der Waals surface area (Å²) < 4.78 is 67.1. The molecule has 0 saturated heterocycles. The van der Waals surface area contributed by atoms with Crippen molar-refractivity contribution in [2.24, 2.45) is 0 Å². The van der Waals surface area contributed by atoms with E-state index in [1.54, 1.807) is 0 Å². The standard InChI is InChI=1S/C17H15F3N2O4S/c18-17(19,20)26-14-8-6-12(7-9-14)21-16(23)11-2-1-3-15(10-11)27(24,25)22-13-4-5-13/h1-3,6-10,13,22H,4-5H2,(H,21,23). The van der Waals surface area contributed by atoms with E-state index in [2.05, 4.69) is 14.8 Å². The van der Waals surface area contributed by atoms with Gasteiger partial charge in [0.05, 0.1) is 4.90 Å². The molecule has 1 amide bonds. The van der Waals surface area contributed by atoms with Gasteiger partial charge in [0.15, 0.2) is 0 Å². The fourth-order valence-corrected chi connectivity index (χ4v) is 3.59. The zero-order valence-corrected chi connectivity index (χ0v) is 14.6. The summed E-state index contributed by atoms with van der Waals surface area (Å²) in [6.45, 7) is 0. The third kappa shape index (κ3) is 5.44. The number of benzene rings is 2. The summed E-state index contributed by atoms with van der Waals surface area (Å²) in [6, 6.07) is 10.0. The summed E-state index contributed by atoms with van der Waals surface area (Å²) in [5.41, 5.74) is 0.336. The van der Waals surface area contributed by atoms with E-state index in [1.807, 2.05) is 0 Å². The molecule has 2 N–H and O–H groups in total. The van der Waals surface area contributed by atoms with Crippen LogP contribution in [0, 0.1) is 0 Å². The van der Waals surface area contributed by atoms with Crippen LogP contribution in [0.3, 0.4) is 0 Å². The maximum atomic E-state index is 12.3. The molecule has 144 valence electrons. The molecule has 0 heterocycles. The van der Waals surface area contributed by atoms with Gasteiger partial charge in [-0.15, -0.1) is 13.2 Å². The number of halogens is 3. The lowest BCUT2D eigenvalue weighted by molar-refractivity contribution is -0.274. The van der Waals surface area contributed by atoms with E-state index in [-0.39, 0.29) is 22.2 Å². The van der Waals surface area contributed by atoms with Crippen LogP contribution in [0.1, 0.15) is 23.2 Å². The Morgan fingerprint density at radius 2 is 1.74 bits per heavy atom. The van der Waals surface area contributed by atoms with Crippen molar-refractivity contribution in [1.82, 2.24) is 4.72 Å². The maximum Gasteiger partial charge on any atom is 0.573 e. The molecule has 0 aromatic heterocycles. The molecule has 0 radical (unpaired) electrons. The second-order valence-electron chi connectivity index (χ2n) is 5.95. The quantitative estimate of drug-likeness (QED) is 0.780. The molecule has 2 aromatic carbocycles. The topological polar surface area (TPSA) is 84.5 Å². The largest absolute Gasteiger partial charge is 0.573 e. The molecule has 0 aliphatic heterocycles. The minimum absolute atomic E-state index is 0.0315. The first-order valence-electron chi connectivity index (χ1n) is 7.92. The average molecular weight is 400 g/mol. The van der Waals surface area contributed by atoms with Crippen LogP contribution in [0.15, 0.2) is 53.4 Å². The number of sulfonamides is 1. The molecule has 1 fully saturated rings. The molecular formula is C17H15F3N2O4S. The molecule has 0 bridgehead atoms. The first kappa shape index (κ1) is 19.2. The van der Waals surface area contributed by atoms with Gasteiger partial charge in [-0.1, -0.05) is 6.07 Å². The molecule has 0 spiro atoms. The van der Waals surface area contributed by atoms with Gasteiger partial charge in [0.2, 0.25) is 10.0 Å². The highest BCUT2D eigenvalue weighted by Gasteiger charge is 2.31. The number of amides is 1. The van der Waals surface area contributed by atoms with Crippen molar-refractivity contribution >= 4 is 21.6 Å². The first-order chi connectivity index (χ1) is 12.6. The van der Waals surface area contributed by atoms with Crippen LogP contribution in [0.4, 0.5) is 18.9 Å². The van der Waals surface area contributed by atoms with Gasteiger partial charge in [0.25, 0.3) is 5.91 Å². The van der Waals surface area contributed by atoms with Crippen LogP contribution in [0.25, 0.3) is 0 Å². The molecule has 1 aliphatic carbocycles. The van der Waals surface area contributed by atoms with Crippen molar-refractivity contribution in [2.45, 2.75) is 30.1 Å². The third-order valence-corrected chi connectivity index (χ3v) is 5.17. The summed E-state index contributed by atoms with van der Waals surface area (Å²) >= 11 is 0. The highest BCUT2D eigenvalue weighted by molar-refractivity contribution is 7.89. The molecular weight excluding hydrogens is 385 g/mol. The number of carbonyl (C=O) groups excluding carboxylic acids is 1. The highest BCUT2D eigenvalue weighted by Crippen LogP contribution is 2.25. The highest BCUT2D eigenvalue weighted by atomic mass is 32.2. The predicted octanol–water partition coefficient (Wildman–Crippen LogP) is 3.28. The Labute approximate surface area is 153 Å². The van der Waals surface area contributed by atoms with Crippen LogP contribution in [-0.2, 0) is 10.0 Å².